The van der Waals surface area contributed by atoms with Crippen molar-refractivity contribution in [3.05, 3.63) is 30.1 Å². The molecule has 0 atom stereocenters. The fraction of sp³-hybridized carbons (Fsp3) is 0.400. The first kappa shape index (κ1) is 9.96. The summed E-state index contributed by atoms with van der Waals surface area (Å²) in [7, 11) is 0. The molecule has 2 rings (SSSR count). The fourth-order valence-electron chi connectivity index (χ4n) is 1.38. The summed E-state index contributed by atoms with van der Waals surface area (Å²) in [5.74, 6) is -0.172. The van der Waals surface area contributed by atoms with Gasteiger partial charge in [-0.1, -0.05) is 0 Å². The van der Waals surface area contributed by atoms with Crippen LogP contribution in [0.25, 0.3) is 0 Å². The second-order valence-electron chi connectivity index (χ2n) is 3.22. The van der Waals surface area contributed by atoms with E-state index in [-0.39, 0.29) is 5.82 Å². The number of nitrogens with zero attached hydrogens (tertiary/aromatic N) is 1. The summed E-state index contributed by atoms with van der Waals surface area (Å²) in [4.78, 5) is 1.10. The van der Waals surface area contributed by atoms with Crippen molar-refractivity contribution in [3.63, 3.8) is 0 Å². The van der Waals surface area contributed by atoms with Crippen molar-refractivity contribution in [1.29, 1.82) is 0 Å². The molecule has 0 radical (unpaired) electrons. The highest BCUT2D eigenvalue weighted by atomic mass is 32.2. The van der Waals surface area contributed by atoms with Gasteiger partial charge in [0.05, 0.1) is 0 Å². The van der Waals surface area contributed by atoms with Crippen molar-refractivity contribution in [2.75, 3.05) is 26.2 Å². The molecule has 1 fully saturated rings. The molecule has 0 amide bonds. The van der Waals surface area contributed by atoms with Gasteiger partial charge in [-0.3, -0.25) is 0 Å². The van der Waals surface area contributed by atoms with Gasteiger partial charge in [0.15, 0.2) is 0 Å². The maximum atomic E-state index is 12.6. The SMILES string of the molecule is Fc1ccc(SN2CCNCC2)cc1. The van der Waals surface area contributed by atoms with Crippen LogP contribution < -0.4 is 5.32 Å². The van der Waals surface area contributed by atoms with Gasteiger partial charge in [-0.05, 0) is 36.2 Å². The smallest absolute Gasteiger partial charge is 0.123 e. The van der Waals surface area contributed by atoms with E-state index < -0.39 is 0 Å². The molecule has 76 valence electrons. The number of hydrogen-bond donors (Lipinski definition) is 1. The predicted octanol–water partition coefficient (Wildman–Crippen LogP) is 1.74. The third-order valence-electron chi connectivity index (χ3n) is 2.12. The van der Waals surface area contributed by atoms with Crippen LogP contribution in [0.1, 0.15) is 0 Å². The van der Waals surface area contributed by atoms with Gasteiger partial charge < -0.3 is 5.32 Å². The zero-order chi connectivity index (χ0) is 9.80. The summed E-state index contributed by atoms with van der Waals surface area (Å²) >= 11 is 1.70. The molecule has 4 heteroatoms. The molecule has 1 saturated heterocycles. The zero-order valence-corrected chi connectivity index (χ0v) is 8.69. The van der Waals surface area contributed by atoms with Gasteiger partial charge in [0.25, 0.3) is 0 Å². The van der Waals surface area contributed by atoms with E-state index in [4.69, 9.17) is 0 Å². The molecule has 1 heterocycles. The Labute approximate surface area is 87.6 Å². The van der Waals surface area contributed by atoms with Crippen LogP contribution in [0.4, 0.5) is 4.39 Å². The van der Waals surface area contributed by atoms with Gasteiger partial charge in [-0.15, -0.1) is 0 Å². The maximum Gasteiger partial charge on any atom is 0.123 e. The summed E-state index contributed by atoms with van der Waals surface area (Å²) < 4.78 is 14.9. The van der Waals surface area contributed by atoms with Crippen LogP contribution in [0, 0.1) is 5.82 Å². The lowest BCUT2D eigenvalue weighted by Gasteiger charge is -2.25. The second kappa shape index (κ2) is 4.77. The third-order valence-corrected chi connectivity index (χ3v) is 3.23. The van der Waals surface area contributed by atoms with Crippen molar-refractivity contribution < 1.29 is 4.39 Å². The Morgan fingerprint density at radius 3 is 2.43 bits per heavy atom. The molecule has 0 saturated carbocycles. The minimum absolute atomic E-state index is 0.172. The minimum atomic E-state index is -0.172. The Kier molecular flexibility index (Phi) is 3.39. The lowest BCUT2D eigenvalue weighted by atomic mass is 10.4. The van der Waals surface area contributed by atoms with Gasteiger partial charge in [0.1, 0.15) is 5.82 Å². The van der Waals surface area contributed by atoms with E-state index >= 15 is 0 Å². The van der Waals surface area contributed by atoms with E-state index in [0.717, 1.165) is 31.1 Å². The average Bonchev–Trinajstić information content (AvgIpc) is 2.23. The van der Waals surface area contributed by atoms with Crippen LogP contribution in [0.2, 0.25) is 0 Å². The Bertz CT molecular complexity index is 283. The van der Waals surface area contributed by atoms with E-state index in [2.05, 4.69) is 9.62 Å². The number of nitrogens with one attached hydrogen (secondary N) is 1. The lowest BCUT2D eigenvalue weighted by molar-refractivity contribution is 0.396. The predicted molar refractivity (Wildman–Crippen MR) is 56.7 cm³/mol. The number of hydrogen-bond acceptors (Lipinski definition) is 3. The van der Waals surface area contributed by atoms with Crippen LogP contribution in [-0.2, 0) is 0 Å². The Morgan fingerprint density at radius 2 is 1.79 bits per heavy atom. The first-order valence-electron chi connectivity index (χ1n) is 4.74. The molecule has 1 aliphatic rings. The van der Waals surface area contributed by atoms with Crippen molar-refractivity contribution in [2.45, 2.75) is 4.90 Å². The zero-order valence-electron chi connectivity index (χ0n) is 7.87. The highest BCUT2D eigenvalue weighted by molar-refractivity contribution is 7.97. The first-order chi connectivity index (χ1) is 6.84. The average molecular weight is 212 g/mol. The largest absolute Gasteiger partial charge is 0.314 e. The van der Waals surface area contributed by atoms with Crippen molar-refractivity contribution in [3.8, 4) is 0 Å². The minimum Gasteiger partial charge on any atom is -0.314 e. The van der Waals surface area contributed by atoms with Crippen molar-refractivity contribution >= 4 is 11.9 Å². The topological polar surface area (TPSA) is 15.3 Å². The summed E-state index contributed by atoms with van der Waals surface area (Å²) in [6.07, 6.45) is 0. The first-order valence-corrected chi connectivity index (χ1v) is 5.51. The molecular formula is C10H13FN2S. The molecule has 0 bridgehead atoms. The number of rotatable bonds is 2. The molecule has 0 aromatic heterocycles. The van der Waals surface area contributed by atoms with Gasteiger partial charge in [0.2, 0.25) is 0 Å². The van der Waals surface area contributed by atoms with Gasteiger partial charge >= 0.3 is 0 Å². The van der Waals surface area contributed by atoms with Crippen LogP contribution in [0.5, 0.6) is 0 Å². The molecule has 14 heavy (non-hydrogen) atoms. The molecule has 1 N–H and O–H groups in total. The number of benzene rings is 1. The Hall–Kier alpha value is -0.580. The van der Waals surface area contributed by atoms with Crippen LogP contribution in [0.3, 0.4) is 0 Å². The third kappa shape index (κ3) is 2.70. The van der Waals surface area contributed by atoms with E-state index in [1.54, 1.807) is 11.9 Å². The van der Waals surface area contributed by atoms with E-state index in [1.165, 1.54) is 12.1 Å². The van der Waals surface area contributed by atoms with Crippen LogP contribution in [-0.4, -0.2) is 30.5 Å². The Morgan fingerprint density at radius 1 is 1.14 bits per heavy atom. The van der Waals surface area contributed by atoms with Gasteiger partial charge in [-0.25, -0.2) is 8.70 Å². The Balaban J connectivity index is 1.92. The molecule has 1 aliphatic heterocycles. The lowest BCUT2D eigenvalue weighted by Crippen LogP contribution is -2.39. The molecule has 2 nitrogen and oxygen atoms in total. The number of piperazine rings is 1. The van der Waals surface area contributed by atoms with E-state index in [0.29, 0.717) is 0 Å². The molecular weight excluding hydrogens is 199 g/mol. The summed E-state index contributed by atoms with van der Waals surface area (Å²) in [6.45, 7) is 4.16. The van der Waals surface area contributed by atoms with Gasteiger partial charge in [-0.2, -0.15) is 0 Å². The normalized spacial score (nSPS) is 18.4. The standard InChI is InChI=1S/C10H13FN2S/c11-9-1-3-10(4-2-9)14-13-7-5-12-6-8-13/h1-4,12H,5-8H2. The quantitative estimate of drug-likeness (QED) is 0.752. The molecule has 1 aromatic rings. The van der Waals surface area contributed by atoms with Crippen molar-refractivity contribution in [1.82, 2.24) is 9.62 Å². The fourth-order valence-corrected chi connectivity index (χ4v) is 2.30. The van der Waals surface area contributed by atoms with Crippen LogP contribution in [0.15, 0.2) is 29.2 Å². The van der Waals surface area contributed by atoms with Crippen LogP contribution >= 0.6 is 11.9 Å². The van der Waals surface area contributed by atoms with E-state index in [1.807, 2.05) is 12.1 Å². The van der Waals surface area contributed by atoms with Gasteiger partial charge in [0, 0.05) is 31.1 Å². The molecule has 0 aliphatic carbocycles. The van der Waals surface area contributed by atoms with Crippen molar-refractivity contribution in [2.24, 2.45) is 0 Å². The highest BCUT2D eigenvalue weighted by Gasteiger charge is 2.10. The highest BCUT2D eigenvalue weighted by Crippen LogP contribution is 2.22. The summed E-state index contributed by atoms with van der Waals surface area (Å²) in [5.41, 5.74) is 0. The second-order valence-corrected chi connectivity index (χ2v) is 4.39. The number of halogens is 1. The maximum absolute atomic E-state index is 12.6. The molecule has 0 unspecified atom stereocenters. The monoisotopic (exact) mass is 212 g/mol. The van der Waals surface area contributed by atoms with E-state index in [9.17, 15) is 4.39 Å². The summed E-state index contributed by atoms with van der Waals surface area (Å²) in [5, 5.41) is 3.29. The molecule has 1 aromatic carbocycles. The molecule has 0 spiro atoms. The summed E-state index contributed by atoms with van der Waals surface area (Å²) in [6, 6.07) is 6.65.